The molecule has 2 heteroatoms. The van der Waals surface area contributed by atoms with E-state index < -0.39 is 0 Å². The van der Waals surface area contributed by atoms with Crippen LogP contribution in [0.2, 0.25) is 0 Å². The molecule has 0 aromatic carbocycles. The number of carbonyl (C=O) groups excluding carboxylic acids is 1. The summed E-state index contributed by atoms with van der Waals surface area (Å²) in [7, 11) is 0. The van der Waals surface area contributed by atoms with Gasteiger partial charge < -0.3 is 4.74 Å². The highest BCUT2D eigenvalue weighted by Crippen LogP contribution is 2.42. The molecule has 2 fully saturated rings. The van der Waals surface area contributed by atoms with Gasteiger partial charge in [-0.15, -0.1) is 0 Å². The Morgan fingerprint density at radius 1 is 1.25 bits per heavy atom. The number of fused-ring (bicyclic) bond motifs is 1. The maximum absolute atomic E-state index is 11.7. The molecule has 0 amide bonds. The summed E-state index contributed by atoms with van der Waals surface area (Å²) in [4.78, 5) is 11.7. The third kappa shape index (κ3) is 2.58. The van der Waals surface area contributed by atoms with Crippen molar-refractivity contribution in [3.63, 3.8) is 0 Å². The van der Waals surface area contributed by atoms with Crippen molar-refractivity contribution in [2.24, 2.45) is 17.8 Å². The lowest BCUT2D eigenvalue weighted by molar-refractivity contribution is -0.156. The fraction of sp³-hybridized carbons (Fsp3) is 0.929. The molecular weight excluding hydrogens is 200 g/mol. The van der Waals surface area contributed by atoms with Crippen LogP contribution in [-0.2, 0) is 9.53 Å². The van der Waals surface area contributed by atoms with Gasteiger partial charge in [0.1, 0.15) is 6.10 Å². The molecule has 0 saturated heterocycles. The zero-order valence-electron chi connectivity index (χ0n) is 10.6. The van der Waals surface area contributed by atoms with Crippen molar-refractivity contribution in [1.29, 1.82) is 0 Å². The van der Waals surface area contributed by atoms with Gasteiger partial charge in [0.2, 0.25) is 0 Å². The van der Waals surface area contributed by atoms with Gasteiger partial charge in [-0.3, -0.25) is 4.79 Å². The molecule has 4 unspecified atom stereocenters. The van der Waals surface area contributed by atoms with Gasteiger partial charge in [0.25, 0.3) is 0 Å². The van der Waals surface area contributed by atoms with Crippen molar-refractivity contribution in [3.8, 4) is 0 Å². The summed E-state index contributed by atoms with van der Waals surface area (Å²) in [6, 6.07) is 0. The average molecular weight is 224 g/mol. The van der Waals surface area contributed by atoms with Gasteiger partial charge in [0, 0.05) is 0 Å². The quantitative estimate of drug-likeness (QED) is 0.685. The molecule has 0 N–H and O–H groups in total. The molecule has 0 spiro atoms. The van der Waals surface area contributed by atoms with Gasteiger partial charge in [-0.1, -0.05) is 33.1 Å². The summed E-state index contributed by atoms with van der Waals surface area (Å²) in [5.41, 5.74) is 0. The summed E-state index contributed by atoms with van der Waals surface area (Å²) in [5, 5.41) is 0. The lowest BCUT2D eigenvalue weighted by Gasteiger charge is -2.31. The number of esters is 1. The second-order valence-corrected chi connectivity index (χ2v) is 5.63. The van der Waals surface area contributed by atoms with Crippen LogP contribution in [0.1, 0.15) is 58.8 Å². The highest BCUT2D eigenvalue weighted by Gasteiger charge is 2.35. The molecule has 16 heavy (non-hydrogen) atoms. The van der Waals surface area contributed by atoms with Crippen LogP contribution in [0, 0.1) is 17.8 Å². The van der Waals surface area contributed by atoms with E-state index in [1.807, 2.05) is 13.8 Å². The van der Waals surface area contributed by atoms with Crippen LogP contribution in [0.3, 0.4) is 0 Å². The summed E-state index contributed by atoms with van der Waals surface area (Å²) in [6.45, 7) is 4.00. The minimum atomic E-state index is 0.0175. The monoisotopic (exact) mass is 224 g/mol. The summed E-state index contributed by atoms with van der Waals surface area (Å²) < 4.78 is 5.61. The highest BCUT2D eigenvalue weighted by molar-refractivity contribution is 5.72. The molecule has 0 aromatic rings. The fourth-order valence-electron chi connectivity index (χ4n) is 3.21. The topological polar surface area (TPSA) is 26.3 Å². The van der Waals surface area contributed by atoms with E-state index in [1.165, 1.54) is 25.7 Å². The van der Waals surface area contributed by atoms with Crippen molar-refractivity contribution in [3.05, 3.63) is 0 Å². The molecule has 2 rings (SSSR count). The van der Waals surface area contributed by atoms with Crippen LogP contribution < -0.4 is 0 Å². The first-order valence-corrected chi connectivity index (χ1v) is 6.91. The second-order valence-electron chi connectivity index (χ2n) is 5.63. The summed E-state index contributed by atoms with van der Waals surface area (Å²) in [6.07, 6.45) is 8.79. The van der Waals surface area contributed by atoms with Crippen molar-refractivity contribution in [2.75, 3.05) is 0 Å². The Kier molecular flexibility index (Phi) is 3.88. The first-order valence-electron chi connectivity index (χ1n) is 6.91. The van der Waals surface area contributed by atoms with E-state index in [-0.39, 0.29) is 18.0 Å². The van der Waals surface area contributed by atoms with E-state index in [2.05, 4.69) is 0 Å². The molecule has 2 nitrogen and oxygen atoms in total. The molecule has 0 heterocycles. The van der Waals surface area contributed by atoms with E-state index in [9.17, 15) is 4.79 Å². The first-order chi connectivity index (χ1) is 7.70. The number of carbonyl (C=O) groups is 1. The maximum Gasteiger partial charge on any atom is 0.308 e. The molecule has 0 bridgehead atoms. The zero-order chi connectivity index (χ0) is 11.5. The minimum absolute atomic E-state index is 0.0175. The molecule has 4 atom stereocenters. The largest absolute Gasteiger partial charge is 0.462 e. The van der Waals surface area contributed by atoms with Crippen LogP contribution in [0.4, 0.5) is 0 Å². The van der Waals surface area contributed by atoms with E-state index in [1.54, 1.807) is 0 Å². The fourth-order valence-corrected chi connectivity index (χ4v) is 3.21. The van der Waals surface area contributed by atoms with Gasteiger partial charge in [0.05, 0.1) is 5.92 Å². The lowest BCUT2D eigenvalue weighted by atomic mass is 9.80. The lowest BCUT2D eigenvalue weighted by Crippen LogP contribution is -2.30. The van der Waals surface area contributed by atoms with Crippen molar-refractivity contribution in [2.45, 2.75) is 64.9 Å². The van der Waals surface area contributed by atoms with Crippen molar-refractivity contribution >= 4 is 5.97 Å². The number of rotatable bonds is 3. The Labute approximate surface area is 98.7 Å². The summed E-state index contributed by atoms with van der Waals surface area (Å²) in [5.74, 6) is 1.88. The average Bonchev–Trinajstić information content (AvgIpc) is 2.75. The molecule has 2 saturated carbocycles. The molecule has 92 valence electrons. The predicted octanol–water partition coefficient (Wildman–Crippen LogP) is 3.54. The Balaban J connectivity index is 1.81. The molecule has 2 aliphatic carbocycles. The maximum atomic E-state index is 11.7. The van der Waals surface area contributed by atoms with E-state index in [0.717, 1.165) is 31.1 Å². The number of hydrogen-bond acceptors (Lipinski definition) is 2. The second kappa shape index (κ2) is 5.20. The van der Waals surface area contributed by atoms with Crippen molar-refractivity contribution in [1.82, 2.24) is 0 Å². The Bertz CT molecular complexity index is 249. The van der Waals surface area contributed by atoms with Gasteiger partial charge in [0.15, 0.2) is 0 Å². The van der Waals surface area contributed by atoms with Crippen molar-refractivity contribution < 1.29 is 9.53 Å². The smallest absolute Gasteiger partial charge is 0.308 e. The van der Waals surface area contributed by atoms with E-state index in [0.29, 0.717) is 0 Å². The normalized spacial score (nSPS) is 35.5. The first kappa shape index (κ1) is 11.9. The van der Waals surface area contributed by atoms with Crippen LogP contribution >= 0.6 is 0 Å². The molecule has 0 aliphatic heterocycles. The SMILES string of the molecule is CCC(C)C(=O)OC1CCC2CCCC2C1. The van der Waals surface area contributed by atoms with E-state index >= 15 is 0 Å². The Hall–Kier alpha value is -0.530. The summed E-state index contributed by atoms with van der Waals surface area (Å²) >= 11 is 0. The van der Waals surface area contributed by atoms with E-state index in [4.69, 9.17) is 4.74 Å². The molecule has 0 aromatic heterocycles. The zero-order valence-corrected chi connectivity index (χ0v) is 10.6. The molecule has 0 radical (unpaired) electrons. The Morgan fingerprint density at radius 2 is 2.00 bits per heavy atom. The van der Waals surface area contributed by atoms with Crippen LogP contribution in [0.15, 0.2) is 0 Å². The number of hydrogen-bond donors (Lipinski definition) is 0. The van der Waals surface area contributed by atoms with Gasteiger partial charge in [-0.25, -0.2) is 0 Å². The predicted molar refractivity (Wildman–Crippen MR) is 64.0 cm³/mol. The van der Waals surface area contributed by atoms with Gasteiger partial charge >= 0.3 is 5.97 Å². The van der Waals surface area contributed by atoms with Gasteiger partial charge in [-0.05, 0) is 37.5 Å². The highest BCUT2D eigenvalue weighted by atomic mass is 16.5. The van der Waals surface area contributed by atoms with Crippen LogP contribution in [0.25, 0.3) is 0 Å². The van der Waals surface area contributed by atoms with Gasteiger partial charge in [-0.2, -0.15) is 0 Å². The molecule has 2 aliphatic rings. The molecular formula is C14H24O2. The van der Waals surface area contributed by atoms with Crippen LogP contribution in [0.5, 0.6) is 0 Å². The minimum Gasteiger partial charge on any atom is -0.462 e. The Morgan fingerprint density at radius 3 is 2.75 bits per heavy atom. The standard InChI is InChI=1S/C14H24O2/c1-3-10(2)14(15)16-13-8-7-11-5-4-6-12(11)9-13/h10-13H,3-9H2,1-2H3. The third-order valence-corrected chi connectivity index (χ3v) is 4.54. The third-order valence-electron chi connectivity index (χ3n) is 4.54. The number of ether oxygens (including phenoxy) is 1. The van der Waals surface area contributed by atoms with Crippen LogP contribution in [-0.4, -0.2) is 12.1 Å².